The Morgan fingerprint density at radius 2 is 1.22 bits per heavy atom. The Labute approximate surface area is 154 Å². The van der Waals surface area contributed by atoms with E-state index in [4.69, 9.17) is 0 Å². The average molecular weight is 376 g/mol. The van der Waals surface area contributed by atoms with Gasteiger partial charge >= 0.3 is 0 Å². The monoisotopic (exact) mass is 376 g/mol. The van der Waals surface area contributed by atoms with Crippen LogP contribution in [0.15, 0.2) is 42.5 Å². The summed E-state index contributed by atoms with van der Waals surface area (Å²) in [6, 6.07) is 8.19. The van der Waals surface area contributed by atoms with Crippen LogP contribution in [0.5, 0.6) is 0 Å². The maximum Gasteiger partial charge on any atom is 0.134 e. The molecule has 0 saturated heterocycles. The molecule has 0 aliphatic rings. The van der Waals surface area contributed by atoms with Crippen LogP contribution in [0.4, 0.5) is 22.0 Å². The summed E-state index contributed by atoms with van der Waals surface area (Å²) in [4.78, 5) is 0. The molecule has 0 N–H and O–H groups in total. The molecule has 5 heteroatoms. The van der Waals surface area contributed by atoms with Gasteiger partial charge in [-0.3, -0.25) is 0 Å². The highest BCUT2D eigenvalue weighted by Gasteiger charge is 2.18. The van der Waals surface area contributed by atoms with Crippen LogP contribution in [0.2, 0.25) is 0 Å². The Hall–Kier alpha value is -2.69. The summed E-state index contributed by atoms with van der Waals surface area (Å²) >= 11 is 0. The molecule has 0 aromatic heterocycles. The largest absolute Gasteiger partial charge is 0.207 e. The number of aryl methyl sites for hydroxylation is 1. The number of halogens is 5. The molecule has 0 fully saturated rings. The van der Waals surface area contributed by atoms with E-state index in [0.717, 1.165) is 36.2 Å². The lowest BCUT2D eigenvalue weighted by Gasteiger charge is -2.11. The summed E-state index contributed by atoms with van der Waals surface area (Å²) in [7, 11) is 0. The topological polar surface area (TPSA) is 0 Å². The van der Waals surface area contributed by atoms with Gasteiger partial charge in [0.2, 0.25) is 0 Å². The van der Waals surface area contributed by atoms with Gasteiger partial charge in [-0.2, -0.15) is 0 Å². The molecule has 0 spiro atoms. The second-order valence-corrected chi connectivity index (χ2v) is 6.44. The van der Waals surface area contributed by atoms with Gasteiger partial charge in [0, 0.05) is 11.1 Å². The first kappa shape index (κ1) is 19.1. The third-order valence-electron chi connectivity index (χ3n) is 4.49. The van der Waals surface area contributed by atoms with Crippen molar-refractivity contribution in [3.63, 3.8) is 0 Å². The highest BCUT2D eigenvalue weighted by Crippen LogP contribution is 2.33. The average Bonchev–Trinajstić information content (AvgIpc) is 2.59. The highest BCUT2D eigenvalue weighted by atomic mass is 19.1. The smallest absolute Gasteiger partial charge is 0.134 e. The van der Waals surface area contributed by atoms with E-state index in [9.17, 15) is 22.0 Å². The summed E-state index contributed by atoms with van der Waals surface area (Å²) < 4.78 is 71.0. The van der Waals surface area contributed by atoms with Gasteiger partial charge in [0.25, 0.3) is 0 Å². The van der Waals surface area contributed by atoms with Crippen LogP contribution < -0.4 is 0 Å². The van der Waals surface area contributed by atoms with Crippen LogP contribution in [-0.4, -0.2) is 0 Å². The molecule has 0 aliphatic carbocycles. The second kappa shape index (κ2) is 7.51. The van der Waals surface area contributed by atoms with Gasteiger partial charge in [0.1, 0.15) is 29.1 Å². The third kappa shape index (κ3) is 3.72. The zero-order valence-corrected chi connectivity index (χ0v) is 14.8. The van der Waals surface area contributed by atoms with Crippen LogP contribution in [0.3, 0.4) is 0 Å². The van der Waals surface area contributed by atoms with E-state index in [-0.39, 0.29) is 22.3 Å². The standard InChI is InChI=1S/C22H17F5/c1-3-4-13-5-6-16(19(25)7-13)14-8-20(26)22(21(27)9-14)15-10-17(23)12(2)18(24)11-15/h5-11H,3-4H2,1-2H3. The Kier molecular flexibility index (Phi) is 5.31. The van der Waals surface area contributed by atoms with E-state index in [1.165, 1.54) is 19.1 Å². The Bertz CT molecular complexity index is 962. The molecule has 0 heterocycles. The predicted octanol–water partition coefficient (Wildman–Crippen LogP) is 6.98. The Morgan fingerprint density at radius 3 is 1.74 bits per heavy atom. The Morgan fingerprint density at radius 1 is 0.667 bits per heavy atom. The number of benzene rings is 3. The maximum atomic E-state index is 14.6. The van der Waals surface area contributed by atoms with Crippen LogP contribution in [0.25, 0.3) is 22.3 Å². The zero-order chi connectivity index (χ0) is 19.7. The Balaban J connectivity index is 2.08. The van der Waals surface area contributed by atoms with E-state index < -0.39 is 34.6 Å². The van der Waals surface area contributed by atoms with Crippen LogP contribution in [0, 0.1) is 36.0 Å². The van der Waals surface area contributed by atoms with Crippen molar-refractivity contribution in [2.24, 2.45) is 0 Å². The molecule has 0 atom stereocenters. The molecule has 0 amide bonds. The first-order chi connectivity index (χ1) is 12.8. The quantitative estimate of drug-likeness (QED) is 0.431. The van der Waals surface area contributed by atoms with Crippen molar-refractivity contribution in [3.8, 4) is 22.3 Å². The van der Waals surface area contributed by atoms with Crippen molar-refractivity contribution in [3.05, 3.63) is 82.7 Å². The predicted molar refractivity (Wildman–Crippen MR) is 95.8 cm³/mol. The van der Waals surface area contributed by atoms with Crippen molar-refractivity contribution >= 4 is 0 Å². The molecule has 0 unspecified atom stereocenters. The van der Waals surface area contributed by atoms with E-state index >= 15 is 0 Å². The molecule has 27 heavy (non-hydrogen) atoms. The first-order valence-corrected chi connectivity index (χ1v) is 8.55. The van der Waals surface area contributed by atoms with Gasteiger partial charge in [-0.1, -0.05) is 25.5 Å². The fourth-order valence-electron chi connectivity index (χ4n) is 3.03. The third-order valence-corrected chi connectivity index (χ3v) is 4.49. The molecular formula is C22H17F5. The molecule has 0 saturated carbocycles. The van der Waals surface area contributed by atoms with E-state index in [0.29, 0.717) is 6.42 Å². The zero-order valence-electron chi connectivity index (χ0n) is 14.8. The molecule has 140 valence electrons. The van der Waals surface area contributed by atoms with Crippen molar-refractivity contribution in [1.29, 1.82) is 0 Å². The minimum Gasteiger partial charge on any atom is -0.207 e. The summed E-state index contributed by atoms with van der Waals surface area (Å²) in [5.74, 6) is -4.43. The van der Waals surface area contributed by atoms with Gasteiger partial charge in [0.05, 0.1) is 5.56 Å². The molecular weight excluding hydrogens is 359 g/mol. The summed E-state index contributed by atoms with van der Waals surface area (Å²) in [5.41, 5.74) is -0.175. The molecule has 3 rings (SSSR count). The normalized spacial score (nSPS) is 11.1. The maximum absolute atomic E-state index is 14.6. The molecule has 0 nitrogen and oxygen atoms in total. The van der Waals surface area contributed by atoms with Gasteiger partial charge in [-0.25, -0.2) is 22.0 Å². The molecule has 0 bridgehead atoms. The number of rotatable bonds is 4. The van der Waals surface area contributed by atoms with Crippen molar-refractivity contribution in [2.75, 3.05) is 0 Å². The van der Waals surface area contributed by atoms with Crippen LogP contribution in [-0.2, 0) is 6.42 Å². The fourth-order valence-corrected chi connectivity index (χ4v) is 3.03. The summed E-state index contributed by atoms with van der Waals surface area (Å²) in [6.45, 7) is 3.20. The number of hydrogen-bond acceptors (Lipinski definition) is 0. The molecule has 0 radical (unpaired) electrons. The van der Waals surface area contributed by atoms with Crippen LogP contribution >= 0.6 is 0 Å². The van der Waals surface area contributed by atoms with Crippen LogP contribution in [0.1, 0.15) is 24.5 Å². The van der Waals surface area contributed by atoms with Gasteiger partial charge in [-0.15, -0.1) is 0 Å². The molecule has 3 aromatic rings. The van der Waals surface area contributed by atoms with E-state index in [1.807, 2.05) is 6.92 Å². The lowest BCUT2D eigenvalue weighted by Crippen LogP contribution is -1.97. The number of hydrogen-bond donors (Lipinski definition) is 0. The second-order valence-electron chi connectivity index (χ2n) is 6.44. The van der Waals surface area contributed by atoms with E-state index in [2.05, 4.69) is 0 Å². The summed E-state index contributed by atoms with van der Waals surface area (Å²) in [6.07, 6.45) is 1.55. The SMILES string of the molecule is CCCc1ccc(-c2cc(F)c(-c3cc(F)c(C)c(F)c3)c(F)c2)c(F)c1. The molecule has 0 aliphatic heterocycles. The lowest BCUT2D eigenvalue weighted by molar-refractivity contribution is 0.566. The minimum atomic E-state index is -1.02. The summed E-state index contributed by atoms with van der Waals surface area (Å²) in [5, 5.41) is 0. The molecule has 3 aromatic carbocycles. The van der Waals surface area contributed by atoms with Gasteiger partial charge in [0.15, 0.2) is 0 Å². The highest BCUT2D eigenvalue weighted by molar-refractivity contribution is 5.72. The van der Waals surface area contributed by atoms with Gasteiger partial charge in [-0.05, 0) is 60.4 Å². The first-order valence-electron chi connectivity index (χ1n) is 8.55. The van der Waals surface area contributed by atoms with Crippen molar-refractivity contribution < 1.29 is 22.0 Å². The fraction of sp³-hybridized carbons (Fsp3) is 0.182. The van der Waals surface area contributed by atoms with E-state index in [1.54, 1.807) is 6.07 Å². The minimum absolute atomic E-state index is 0.0161. The van der Waals surface area contributed by atoms with Crippen molar-refractivity contribution in [1.82, 2.24) is 0 Å². The van der Waals surface area contributed by atoms with Crippen molar-refractivity contribution in [2.45, 2.75) is 26.7 Å². The lowest BCUT2D eigenvalue weighted by atomic mass is 9.96. The van der Waals surface area contributed by atoms with Gasteiger partial charge < -0.3 is 0 Å².